The number of hydrogen-bond donors (Lipinski definition) is 1. The van der Waals surface area contributed by atoms with Crippen molar-refractivity contribution >= 4 is 22.3 Å². The van der Waals surface area contributed by atoms with Gasteiger partial charge in [0.05, 0.1) is 6.04 Å². The molecule has 80 valence electrons. The van der Waals surface area contributed by atoms with Crippen LogP contribution in [0.3, 0.4) is 0 Å². The second-order valence-corrected chi connectivity index (χ2v) is 4.41. The molecule has 3 nitrogen and oxygen atoms in total. The van der Waals surface area contributed by atoms with Gasteiger partial charge in [-0.25, -0.2) is 0 Å². The normalized spacial score (nSPS) is 19.1. The highest BCUT2D eigenvalue weighted by molar-refractivity contribution is 9.10. The van der Waals surface area contributed by atoms with E-state index in [0.717, 1.165) is 17.6 Å². The summed E-state index contributed by atoms with van der Waals surface area (Å²) in [6, 6.07) is 8.58. The van der Waals surface area contributed by atoms with E-state index >= 15 is 0 Å². The van der Waals surface area contributed by atoms with Crippen molar-refractivity contribution in [3.8, 4) is 0 Å². The van der Waals surface area contributed by atoms with Crippen LogP contribution in [0.25, 0.3) is 0 Å². The van der Waals surface area contributed by atoms with Crippen LogP contribution >= 0.6 is 15.9 Å². The molecule has 0 aromatic heterocycles. The Labute approximate surface area is 97.7 Å². The largest absolute Gasteiger partial charge is 0.481 e. The zero-order valence-corrected chi connectivity index (χ0v) is 9.90. The van der Waals surface area contributed by atoms with E-state index in [1.54, 1.807) is 0 Å². The van der Waals surface area contributed by atoms with Crippen molar-refractivity contribution in [3.05, 3.63) is 34.3 Å². The first-order chi connectivity index (χ1) is 7.34. The SMILES string of the molecule is Brc1ccc(CNCC2COC=N2)cc1. The minimum absolute atomic E-state index is 0.278. The van der Waals surface area contributed by atoms with Crippen LogP contribution in [0.1, 0.15) is 5.56 Å². The second kappa shape index (κ2) is 5.28. The Bertz CT molecular complexity index is 337. The fraction of sp³-hybridized carbons (Fsp3) is 0.364. The summed E-state index contributed by atoms with van der Waals surface area (Å²) in [5.41, 5.74) is 1.28. The number of hydrogen-bond acceptors (Lipinski definition) is 3. The molecule has 1 heterocycles. The third-order valence-electron chi connectivity index (χ3n) is 2.26. The van der Waals surface area contributed by atoms with E-state index in [1.807, 2.05) is 12.1 Å². The van der Waals surface area contributed by atoms with Crippen molar-refractivity contribution in [2.45, 2.75) is 12.6 Å². The predicted molar refractivity (Wildman–Crippen MR) is 64.1 cm³/mol. The van der Waals surface area contributed by atoms with E-state index in [4.69, 9.17) is 4.74 Å². The van der Waals surface area contributed by atoms with Crippen LogP contribution < -0.4 is 5.32 Å². The van der Waals surface area contributed by atoms with Crippen LogP contribution in [-0.2, 0) is 11.3 Å². The molecule has 0 aliphatic carbocycles. The summed E-state index contributed by atoms with van der Waals surface area (Å²) < 4.78 is 6.15. The molecule has 15 heavy (non-hydrogen) atoms. The zero-order valence-electron chi connectivity index (χ0n) is 8.32. The molecule has 1 unspecified atom stereocenters. The molecule has 1 N–H and O–H groups in total. The van der Waals surface area contributed by atoms with Crippen molar-refractivity contribution < 1.29 is 4.74 Å². The quantitative estimate of drug-likeness (QED) is 0.906. The number of aliphatic imine (C=N–C) groups is 1. The first-order valence-corrected chi connectivity index (χ1v) is 5.72. The van der Waals surface area contributed by atoms with Gasteiger partial charge in [-0.2, -0.15) is 0 Å². The van der Waals surface area contributed by atoms with Crippen LogP contribution in [0.15, 0.2) is 33.7 Å². The smallest absolute Gasteiger partial charge is 0.169 e. The van der Waals surface area contributed by atoms with Gasteiger partial charge < -0.3 is 10.1 Å². The lowest BCUT2D eigenvalue weighted by Gasteiger charge is -2.07. The standard InChI is InChI=1S/C11H13BrN2O/c12-10-3-1-9(2-4-10)5-13-6-11-7-15-8-14-11/h1-4,8,11,13H,5-7H2. The molecule has 0 amide bonds. The lowest BCUT2D eigenvalue weighted by atomic mass is 10.2. The second-order valence-electron chi connectivity index (χ2n) is 3.50. The van der Waals surface area contributed by atoms with Crippen molar-refractivity contribution in [1.82, 2.24) is 5.32 Å². The maximum Gasteiger partial charge on any atom is 0.169 e. The van der Waals surface area contributed by atoms with Gasteiger partial charge >= 0.3 is 0 Å². The minimum atomic E-state index is 0.278. The van der Waals surface area contributed by atoms with Crippen molar-refractivity contribution in [3.63, 3.8) is 0 Å². The highest BCUT2D eigenvalue weighted by atomic mass is 79.9. The van der Waals surface area contributed by atoms with Crippen LogP contribution in [0.4, 0.5) is 0 Å². The van der Waals surface area contributed by atoms with Gasteiger partial charge in [-0.15, -0.1) is 0 Å². The summed E-state index contributed by atoms with van der Waals surface area (Å²) in [5.74, 6) is 0. The van der Waals surface area contributed by atoms with Crippen molar-refractivity contribution in [2.24, 2.45) is 4.99 Å². The molecule has 0 radical (unpaired) electrons. The van der Waals surface area contributed by atoms with Gasteiger partial charge in [0.25, 0.3) is 0 Å². The van der Waals surface area contributed by atoms with E-state index < -0.39 is 0 Å². The fourth-order valence-electron chi connectivity index (χ4n) is 1.42. The lowest BCUT2D eigenvalue weighted by Crippen LogP contribution is -2.26. The van der Waals surface area contributed by atoms with Crippen LogP contribution in [0.5, 0.6) is 0 Å². The Morgan fingerprint density at radius 1 is 1.40 bits per heavy atom. The lowest BCUT2D eigenvalue weighted by molar-refractivity contribution is 0.323. The first-order valence-electron chi connectivity index (χ1n) is 4.93. The van der Waals surface area contributed by atoms with Crippen LogP contribution in [-0.4, -0.2) is 25.6 Å². The molecular weight excluding hydrogens is 256 g/mol. The molecule has 1 atom stereocenters. The number of benzene rings is 1. The molecule has 1 aromatic carbocycles. The number of rotatable bonds is 4. The predicted octanol–water partition coefficient (Wildman–Crippen LogP) is 1.97. The average molecular weight is 269 g/mol. The van der Waals surface area contributed by atoms with Gasteiger partial charge in [-0.05, 0) is 17.7 Å². The maximum atomic E-state index is 5.04. The van der Waals surface area contributed by atoms with E-state index in [1.165, 1.54) is 12.0 Å². The summed E-state index contributed by atoms with van der Waals surface area (Å²) in [6.45, 7) is 2.44. The third-order valence-corrected chi connectivity index (χ3v) is 2.79. The molecule has 2 rings (SSSR count). The Morgan fingerprint density at radius 3 is 2.87 bits per heavy atom. The summed E-state index contributed by atoms with van der Waals surface area (Å²) in [5, 5.41) is 3.35. The zero-order chi connectivity index (χ0) is 10.5. The molecule has 0 bridgehead atoms. The molecule has 1 aliphatic rings. The van der Waals surface area contributed by atoms with Gasteiger partial charge in [-0.1, -0.05) is 28.1 Å². The van der Waals surface area contributed by atoms with Gasteiger partial charge in [0.1, 0.15) is 6.61 Å². The van der Waals surface area contributed by atoms with Gasteiger partial charge in [0.2, 0.25) is 0 Å². The fourth-order valence-corrected chi connectivity index (χ4v) is 1.69. The minimum Gasteiger partial charge on any atom is -0.481 e. The average Bonchev–Trinajstić information content (AvgIpc) is 2.74. The Morgan fingerprint density at radius 2 is 2.20 bits per heavy atom. The highest BCUT2D eigenvalue weighted by Gasteiger charge is 2.10. The summed E-state index contributed by atoms with van der Waals surface area (Å²) in [4.78, 5) is 4.16. The van der Waals surface area contributed by atoms with Crippen LogP contribution in [0.2, 0.25) is 0 Å². The van der Waals surface area contributed by atoms with Gasteiger partial charge in [-0.3, -0.25) is 4.99 Å². The monoisotopic (exact) mass is 268 g/mol. The van der Waals surface area contributed by atoms with E-state index in [0.29, 0.717) is 6.61 Å². The van der Waals surface area contributed by atoms with Crippen molar-refractivity contribution in [1.29, 1.82) is 0 Å². The summed E-state index contributed by atoms with van der Waals surface area (Å²) in [7, 11) is 0. The number of nitrogens with one attached hydrogen (secondary N) is 1. The van der Waals surface area contributed by atoms with Crippen molar-refractivity contribution in [2.75, 3.05) is 13.2 Å². The molecule has 0 saturated carbocycles. The van der Waals surface area contributed by atoms with E-state index in [9.17, 15) is 0 Å². The molecule has 0 fully saturated rings. The Hall–Kier alpha value is -0.870. The molecule has 4 heteroatoms. The first kappa shape index (κ1) is 10.6. The molecule has 0 saturated heterocycles. The Kier molecular flexibility index (Phi) is 3.75. The molecule has 0 spiro atoms. The van der Waals surface area contributed by atoms with Gasteiger partial charge in [0, 0.05) is 17.6 Å². The van der Waals surface area contributed by atoms with Gasteiger partial charge in [0.15, 0.2) is 6.40 Å². The Balaban J connectivity index is 1.73. The molecule has 1 aliphatic heterocycles. The maximum absolute atomic E-state index is 5.04. The van der Waals surface area contributed by atoms with Crippen LogP contribution in [0, 0.1) is 0 Å². The number of ether oxygens (including phenoxy) is 1. The van der Waals surface area contributed by atoms with E-state index in [-0.39, 0.29) is 6.04 Å². The molecular formula is C11H13BrN2O. The topological polar surface area (TPSA) is 33.6 Å². The summed E-state index contributed by atoms with van der Waals surface area (Å²) >= 11 is 3.41. The number of halogens is 1. The van der Waals surface area contributed by atoms with E-state index in [2.05, 4.69) is 38.4 Å². The third kappa shape index (κ3) is 3.32. The number of nitrogens with zero attached hydrogens (tertiary/aromatic N) is 1. The molecule has 1 aromatic rings. The summed E-state index contributed by atoms with van der Waals surface area (Å²) in [6.07, 6.45) is 1.53. The highest BCUT2D eigenvalue weighted by Crippen LogP contribution is 2.10.